The highest BCUT2D eigenvalue weighted by molar-refractivity contribution is 7.89. The van der Waals surface area contributed by atoms with Crippen LogP contribution in [0.4, 0.5) is 0 Å². The Labute approximate surface area is 173 Å². The van der Waals surface area contributed by atoms with E-state index in [0.29, 0.717) is 12.8 Å². The molecule has 1 heterocycles. The number of hydrogen-bond donors (Lipinski definition) is 0. The molecule has 7 nitrogen and oxygen atoms in total. The minimum atomic E-state index is -3.59. The van der Waals surface area contributed by atoms with Gasteiger partial charge < -0.3 is 9.47 Å². The molecule has 0 aliphatic carbocycles. The zero-order valence-corrected chi connectivity index (χ0v) is 18.5. The fourth-order valence-corrected chi connectivity index (χ4v) is 5.13. The van der Waals surface area contributed by atoms with Gasteiger partial charge in [0.25, 0.3) is 0 Å². The maximum Gasteiger partial charge on any atom is 0.310 e. The molecule has 0 radical (unpaired) electrons. The molecule has 1 aromatic carbocycles. The smallest absolute Gasteiger partial charge is 0.310 e. The molecule has 1 aliphatic heterocycles. The fourth-order valence-electron chi connectivity index (χ4n) is 3.69. The van der Waals surface area contributed by atoms with Crippen molar-refractivity contribution in [3.05, 3.63) is 29.8 Å². The summed E-state index contributed by atoms with van der Waals surface area (Å²) in [6, 6.07) is 6.77. The lowest BCUT2D eigenvalue weighted by Crippen LogP contribution is -2.47. The van der Waals surface area contributed by atoms with Crippen LogP contribution in [0.5, 0.6) is 0 Å². The number of nitrogens with zero attached hydrogens (tertiary/aromatic N) is 1. The summed E-state index contributed by atoms with van der Waals surface area (Å²) in [7, 11) is -3.59. The summed E-state index contributed by atoms with van der Waals surface area (Å²) in [4.78, 5) is 24.9. The zero-order valence-electron chi connectivity index (χ0n) is 17.6. The van der Waals surface area contributed by atoms with Gasteiger partial charge >= 0.3 is 11.9 Å². The van der Waals surface area contributed by atoms with Crippen LogP contribution in [-0.2, 0) is 29.1 Å². The van der Waals surface area contributed by atoms with Gasteiger partial charge in [-0.1, -0.05) is 24.6 Å². The van der Waals surface area contributed by atoms with Crippen molar-refractivity contribution in [2.75, 3.05) is 26.3 Å². The van der Waals surface area contributed by atoms with Gasteiger partial charge in [0.1, 0.15) is 0 Å². The average Bonchev–Trinajstić information content (AvgIpc) is 2.67. The number of rotatable bonds is 8. The summed E-state index contributed by atoms with van der Waals surface area (Å²) < 4.78 is 37.6. The Hall–Kier alpha value is -1.93. The van der Waals surface area contributed by atoms with Crippen molar-refractivity contribution < 1.29 is 27.5 Å². The van der Waals surface area contributed by atoms with E-state index >= 15 is 0 Å². The zero-order chi connectivity index (χ0) is 21.7. The third-order valence-corrected chi connectivity index (χ3v) is 7.52. The van der Waals surface area contributed by atoms with E-state index in [2.05, 4.69) is 0 Å². The molecule has 0 aromatic heterocycles. The third kappa shape index (κ3) is 5.57. The molecule has 2 rings (SSSR count). The van der Waals surface area contributed by atoms with Crippen molar-refractivity contribution in [3.63, 3.8) is 0 Å². The Morgan fingerprint density at radius 2 is 1.62 bits per heavy atom. The molecular formula is C21H31NO6S. The number of sulfonamides is 1. The summed E-state index contributed by atoms with van der Waals surface area (Å²) in [6.07, 6.45) is 0.857. The van der Waals surface area contributed by atoms with E-state index in [-0.39, 0.29) is 37.6 Å². The van der Waals surface area contributed by atoms with Crippen LogP contribution in [0.3, 0.4) is 0 Å². The highest BCUT2D eigenvalue weighted by atomic mass is 32.2. The second-order valence-electron chi connectivity index (χ2n) is 7.68. The third-order valence-electron chi connectivity index (χ3n) is 5.61. The van der Waals surface area contributed by atoms with Crippen molar-refractivity contribution in [1.29, 1.82) is 0 Å². The number of benzene rings is 1. The summed E-state index contributed by atoms with van der Waals surface area (Å²) in [5.74, 6) is -1.54. The van der Waals surface area contributed by atoms with E-state index < -0.39 is 33.3 Å². The lowest BCUT2D eigenvalue weighted by atomic mass is 9.69. The summed E-state index contributed by atoms with van der Waals surface area (Å²) in [6.45, 7) is 8.30. The number of hydrogen-bond acceptors (Lipinski definition) is 6. The summed E-state index contributed by atoms with van der Waals surface area (Å²) in [5, 5.41) is 0. The van der Waals surface area contributed by atoms with E-state index in [1.807, 2.05) is 13.8 Å². The molecule has 0 N–H and O–H groups in total. The van der Waals surface area contributed by atoms with Crippen molar-refractivity contribution >= 4 is 22.0 Å². The number of carbonyl (C=O) groups is 2. The first-order valence-electron chi connectivity index (χ1n) is 10.0. The lowest BCUT2D eigenvalue weighted by molar-refractivity contribution is -0.160. The molecule has 1 aliphatic rings. The van der Waals surface area contributed by atoms with Crippen molar-refractivity contribution in [1.82, 2.24) is 4.31 Å². The number of aryl methyl sites for hydroxylation is 1. The topological polar surface area (TPSA) is 90.0 Å². The molecule has 1 fully saturated rings. The lowest BCUT2D eigenvalue weighted by Gasteiger charge is -2.42. The summed E-state index contributed by atoms with van der Waals surface area (Å²) >= 11 is 0. The van der Waals surface area contributed by atoms with Crippen LogP contribution in [0, 0.1) is 18.3 Å². The monoisotopic (exact) mass is 425 g/mol. The van der Waals surface area contributed by atoms with Crippen LogP contribution in [0.1, 0.15) is 45.6 Å². The SMILES string of the molecule is CCOC(=O)C[C@H](C(=O)OCC)C1(C)CCN(S(=O)(=O)c2ccc(C)cc2)CC1. The fraction of sp³-hybridized carbons (Fsp3) is 0.619. The second-order valence-corrected chi connectivity index (χ2v) is 9.62. The van der Waals surface area contributed by atoms with Crippen LogP contribution >= 0.6 is 0 Å². The van der Waals surface area contributed by atoms with Crippen molar-refractivity contribution in [2.24, 2.45) is 11.3 Å². The standard InChI is InChI=1S/C21H31NO6S/c1-5-27-19(23)15-18(20(24)28-6-2)21(4)11-13-22(14-12-21)29(25,26)17-9-7-16(3)8-10-17/h7-10,18H,5-6,11-15H2,1-4H3/t18-/m1/s1. The maximum absolute atomic E-state index is 12.9. The first-order valence-corrected chi connectivity index (χ1v) is 11.5. The van der Waals surface area contributed by atoms with Gasteiger partial charge in [-0.25, -0.2) is 8.42 Å². The Morgan fingerprint density at radius 3 is 2.14 bits per heavy atom. The van der Waals surface area contributed by atoms with Gasteiger partial charge in [-0.15, -0.1) is 0 Å². The van der Waals surface area contributed by atoms with Crippen LogP contribution in [0.25, 0.3) is 0 Å². The molecule has 0 unspecified atom stereocenters. The Morgan fingerprint density at radius 1 is 1.07 bits per heavy atom. The minimum absolute atomic E-state index is 0.0616. The largest absolute Gasteiger partial charge is 0.466 e. The molecule has 29 heavy (non-hydrogen) atoms. The van der Waals surface area contributed by atoms with E-state index in [1.165, 1.54) is 4.31 Å². The van der Waals surface area contributed by atoms with E-state index in [9.17, 15) is 18.0 Å². The number of piperidine rings is 1. The second kappa shape index (κ2) is 9.71. The van der Waals surface area contributed by atoms with Gasteiger partial charge in [-0.2, -0.15) is 4.31 Å². The van der Waals surface area contributed by atoms with Gasteiger partial charge in [0, 0.05) is 13.1 Å². The van der Waals surface area contributed by atoms with Crippen LogP contribution < -0.4 is 0 Å². The Balaban J connectivity index is 2.16. The molecule has 162 valence electrons. The molecular weight excluding hydrogens is 394 g/mol. The first-order chi connectivity index (χ1) is 13.6. The van der Waals surface area contributed by atoms with Crippen LogP contribution in [0.2, 0.25) is 0 Å². The molecule has 1 aromatic rings. The highest BCUT2D eigenvalue weighted by Crippen LogP contribution is 2.42. The van der Waals surface area contributed by atoms with Crippen molar-refractivity contribution in [3.8, 4) is 0 Å². The molecule has 1 saturated heterocycles. The van der Waals surface area contributed by atoms with E-state index in [4.69, 9.17) is 9.47 Å². The quantitative estimate of drug-likeness (QED) is 0.595. The molecule has 0 spiro atoms. The minimum Gasteiger partial charge on any atom is -0.466 e. The molecule has 8 heteroatoms. The average molecular weight is 426 g/mol. The van der Waals surface area contributed by atoms with Crippen molar-refractivity contribution in [2.45, 2.75) is 51.9 Å². The van der Waals surface area contributed by atoms with Gasteiger partial charge in [0.15, 0.2) is 0 Å². The molecule has 0 bridgehead atoms. The summed E-state index contributed by atoms with van der Waals surface area (Å²) in [5.41, 5.74) is 0.449. The molecule has 0 amide bonds. The van der Waals surface area contributed by atoms with Gasteiger partial charge in [-0.05, 0) is 51.2 Å². The van der Waals surface area contributed by atoms with Gasteiger partial charge in [-0.3, -0.25) is 9.59 Å². The normalized spacial score (nSPS) is 18.1. The number of ether oxygens (including phenoxy) is 2. The highest BCUT2D eigenvalue weighted by Gasteiger charge is 2.45. The van der Waals surface area contributed by atoms with Crippen LogP contribution in [0.15, 0.2) is 29.2 Å². The molecule has 0 saturated carbocycles. The number of esters is 2. The number of carbonyl (C=O) groups excluding carboxylic acids is 2. The Kier molecular flexibility index (Phi) is 7.82. The van der Waals surface area contributed by atoms with E-state index in [1.54, 1.807) is 38.1 Å². The maximum atomic E-state index is 12.9. The first kappa shape index (κ1) is 23.3. The predicted molar refractivity (Wildman–Crippen MR) is 109 cm³/mol. The predicted octanol–water partition coefficient (Wildman–Crippen LogP) is 2.92. The van der Waals surface area contributed by atoms with E-state index in [0.717, 1.165) is 5.56 Å². The Bertz CT molecular complexity index is 810. The van der Waals surface area contributed by atoms with Crippen LogP contribution in [-0.4, -0.2) is 51.0 Å². The van der Waals surface area contributed by atoms with Gasteiger partial charge in [0.05, 0.1) is 30.4 Å². The van der Waals surface area contributed by atoms with Gasteiger partial charge in [0.2, 0.25) is 10.0 Å². The molecule has 1 atom stereocenters.